The lowest BCUT2D eigenvalue weighted by Gasteiger charge is -2.10. The van der Waals surface area contributed by atoms with E-state index in [0.29, 0.717) is 6.42 Å². The lowest BCUT2D eigenvalue weighted by molar-refractivity contribution is -0.117. The Labute approximate surface area is 99.3 Å². The lowest BCUT2D eigenvalue weighted by Crippen LogP contribution is -2.23. The number of aromatic nitrogens is 2. The van der Waals surface area contributed by atoms with E-state index in [4.69, 9.17) is 0 Å². The summed E-state index contributed by atoms with van der Waals surface area (Å²) in [6.45, 7) is 0.776. The van der Waals surface area contributed by atoms with Gasteiger partial charge in [-0.05, 0) is 12.0 Å². The number of amides is 1. The lowest BCUT2D eigenvalue weighted by atomic mass is 10.1. The number of H-pyrrole nitrogens is 1. The molecule has 1 saturated heterocycles. The van der Waals surface area contributed by atoms with Gasteiger partial charge in [0.05, 0.1) is 5.69 Å². The van der Waals surface area contributed by atoms with Gasteiger partial charge in [0, 0.05) is 19.0 Å². The Morgan fingerprint density at radius 2 is 2.06 bits per heavy atom. The highest BCUT2D eigenvalue weighted by Crippen LogP contribution is 2.24. The summed E-state index contributed by atoms with van der Waals surface area (Å²) < 4.78 is 0. The van der Waals surface area contributed by atoms with Crippen molar-refractivity contribution in [3.63, 3.8) is 0 Å². The van der Waals surface area contributed by atoms with Crippen LogP contribution in [0.4, 0.5) is 5.82 Å². The van der Waals surface area contributed by atoms with Crippen LogP contribution in [0, 0.1) is 0 Å². The minimum Gasteiger partial charge on any atom is -0.295 e. The van der Waals surface area contributed by atoms with E-state index in [2.05, 4.69) is 10.2 Å². The molecule has 86 valence electrons. The van der Waals surface area contributed by atoms with E-state index < -0.39 is 0 Å². The molecule has 17 heavy (non-hydrogen) atoms. The van der Waals surface area contributed by atoms with Crippen LogP contribution in [0.15, 0.2) is 36.4 Å². The van der Waals surface area contributed by atoms with Crippen LogP contribution in [0.2, 0.25) is 0 Å². The maximum absolute atomic E-state index is 11.6. The van der Waals surface area contributed by atoms with Crippen molar-refractivity contribution < 1.29 is 4.79 Å². The first-order valence-electron chi connectivity index (χ1n) is 5.76. The van der Waals surface area contributed by atoms with E-state index in [-0.39, 0.29) is 5.91 Å². The van der Waals surface area contributed by atoms with Crippen LogP contribution >= 0.6 is 0 Å². The SMILES string of the molecule is O=C1CCCN1c1cc(-c2ccccc2)[nH]n1. The zero-order chi connectivity index (χ0) is 11.7. The molecule has 0 atom stereocenters. The summed E-state index contributed by atoms with van der Waals surface area (Å²) in [5.41, 5.74) is 2.03. The third-order valence-electron chi connectivity index (χ3n) is 3.00. The molecule has 4 nitrogen and oxygen atoms in total. The first-order valence-corrected chi connectivity index (χ1v) is 5.76. The van der Waals surface area contributed by atoms with Crippen molar-refractivity contribution >= 4 is 11.7 Å². The van der Waals surface area contributed by atoms with Gasteiger partial charge in [0.2, 0.25) is 5.91 Å². The molecule has 0 saturated carbocycles. The van der Waals surface area contributed by atoms with Gasteiger partial charge in [-0.15, -0.1) is 0 Å². The molecule has 1 aromatic heterocycles. The molecule has 1 aliphatic rings. The summed E-state index contributed by atoms with van der Waals surface area (Å²) >= 11 is 0. The van der Waals surface area contributed by atoms with E-state index in [1.165, 1.54) is 0 Å². The van der Waals surface area contributed by atoms with E-state index in [1.54, 1.807) is 4.90 Å². The van der Waals surface area contributed by atoms with Crippen molar-refractivity contribution in [1.29, 1.82) is 0 Å². The normalized spacial score (nSPS) is 15.5. The van der Waals surface area contributed by atoms with Crippen LogP contribution in [-0.2, 0) is 4.79 Å². The van der Waals surface area contributed by atoms with Crippen LogP contribution in [0.3, 0.4) is 0 Å². The predicted octanol–water partition coefficient (Wildman–Crippen LogP) is 2.20. The number of nitrogens with zero attached hydrogens (tertiary/aromatic N) is 2. The minimum absolute atomic E-state index is 0.163. The topological polar surface area (TPSA) is 49.0 Å². The fourth-order valence-corrected chi connectivity index (χ4v) is 2.11. The molecule has 2 aromatic rings. The molecule has 3 rings (SSSR count). The van der Waals surface area contributed by atoms with Gasteiger partial charge in [0.15, 0.2) is 5.82 Å². The van der Waals surface area contributed by atoms with Crippen LogP contribution < -0.4 is 4.90 Å². The summed E-state index contributed by atoms with van der Waals surface area (Å²) in [4.78, 5) is 13.3. The molecule has 1 amide bonds. The van der Waals surface area contributed by atoms with E-state index in [9.17, 15) is 4.79 Å². The summed E-state index contributed by atoms with van der Waals surface area (Å²) in [5, 5.41) is 7.18. The van der Waals surface area contributed by atoms with Crippen molar-refractivity contribution in [3.05, 3.63) is 36.4 Å². The summed E-state index contributed by atoms with van der Waals surface area (Å²) in [6.07, 6.45) is 1.56. The summed E-state index contributed by atoms with van der Waals surface area (Å²) in [6, 6.07) is 11.9. The Balaban J connectivity index is 1.91. The van der Waals surface area contributed by atoms with Crippen LogP contribution in [0.25, 0.3) is 11.3 Å². The smallest absolute Gasteiger partial charge is 0.228 e. The highest BCUT2D eigenvalue weighted by molar-refractivity contribution is 5.94. The molecule has 4 heteroatoms. The molecule has 1 aliphatic heterocycles. The maximum atomic E-state index is 11.6. The molecular weight excluding hydrogens is 214 g/mol. The molecule has 0 radical (unpaired) electrons. The second-order valence-electron chi connectivity index (χ2n) is 4.15. The van der Waals surface area contributed by atoms with Crippen LogP contribution in [0.5, 0.6) is 0 Å². The second-order valence-corrected chi connectivity index (χ2v) is 4.15. The van der Waals surface area contributed by atoms with Crippen molar-refractivity contribution in [2.24, 2.45) is 0 Å². The number of carbonyl (C=O) groups excluding carboxylic acids is 1. The van der Waals surface area contributed by atoms with Crippen LogP contribution in [0.1, 0.15) is 12.8 Å². The summed E-state index contributed by atoms with van der Waals surface area (Å²) in [5.74, 6) is 0.891. The standard InChI is InChI=1S/C13H13N3O/c17-13-7-4-8-16(13)12-9-11(14-15-12)10-5-2-1-3-6-10/h1-3,5-6,9H,4,7-8H2,(H,14,15). The van der Waals surface area contributed by atoms with Gasteiger partial charge < -0.3 is 0 Å². The third-order valence-corrected chi connectivity index (χ3v) is 3.00. The van der Waals surface area contributed by atoms with Gasteiger partial charge in [-0.25, -0.2) is 0 Å². The molecule has 0 bridgehead atoms. The van der Waals surface area contributed by atoms with Crippen molar-refractivity contribution in [2.45, 2.75) is 12.8 Å². The highest BCUT2D eigenvalue weighted by Gasteiger charge is 2.23. The average Bonchev–Trinajstić information content (AvgIpc) is 2.98. The number of aromatic amines is 1. The molecular formula is C13H13N3O. The Kier molecular flexibility index (Phi) is 2.40. The van der Waals surface area contributed by atoms with Crippen molar-refractivity contribution in [3.8, 4) is 11.3 Å². The Morgan fingerprint density at radius 3 is 2.76 bits per heavy atom. The Morgan fingerprint density at radius 1 is 1.24 bits per heavy atom. The van der Waals surface area contributed by atoms with E-state index in [0.717, 1.165) is 30.0 Å². The number of hydrogen-bond acceptors (Lipinski definition) is 2. The molecule has 1 N–H and O–H groups in total. The quantitative estimate of drug-likeness (QED) is 0.855. The third kappa shape index (κ3) is 1.82. The Hall–Kier alpha value is -2.10. The molecule has 0 aliphatic carbocycles. The zero-order valence-corrected chi connectivity index (χ0v) is 9.39. The van der Waals surface area contributed by atoms with Gasteiger partial charge in [-0.2, -0.15) is 5.10 Å². The largest absolute Gasteiger partial charge is 0.295 e. The number of anilines is 1. The molecule has 0 unspecified atom stereocenters. The number of carbonyl (C=O) groups is 1. The fraction of sp³-hybridized carbons (Fsp3) is 0.231. The van der Waals surface area contributed by atoms with Crippen LogP contribution in [-0.4, -0.2) is 22.6 Å². The maximum Gasteiger partial charge on any atom is 0.228 e. The monoisotopic (exact) mass is 227 g/mol. The summed E-state index contributed by atoms with van der Waals surface area (Å²) in [7, 11) is 0. The van der Waals surface area contributed by atoms with Crippen molar-refractivity contribution in [1.82, 2.24) is 10.2 Å². The Bertz CT molecular complexity index is 533. The van der Waals surface area contributed by atoms with E-state index >= 15 is 0 Å². The van der Waals surface area contributed by atoms with Gasteiger partial charge in [-0.3, -0.25) is 14.8 Å². The molecule has 1 fully saturated rings. The number of rotatable bonds is 2. The molecule has 1 aromatic carbocycles. The highest BCUT2D eigenvalue weighted by atomic mass is 16.2. The number of hydrogen-bond donors (Lipinski definition) is 1. The second kappa shape index (κ2) is 4.05. The molecule has 0 spiro atoms. The number of benzene rings is 1. The average molecular weight is 227 g/mol. The minimum atomic E-state index is 0.163. The predicted molar refractivity (Wildman–Crippen MR) is 65.6 cm³/mol. The van der Waals surface area contributed by atoms with E-state index in [1.807, 2.05) is 36.4 Å². The van der Waals surface area contributed by atoms with Gasteiger partial charge >= 0.3 is 0 Å². The number of nitrogens with one attached hydrogen (secondary N) is 1. The first-order chi connectivity index (χ1) is 8.34. The van der Waals surface area contributed by atoms with Gasteiger partial charge in [-0.1, -0.05) is 30.3 Å². The zero-order valence-electron chi connectivity index (χ0n) is 9.39. The fourth-order valence-electron chi connectivity index (χ4n) is 2.11. The van der Waals surface area contributed by atoms with Crippen molar-refractivity contribution in [2.75, 3.05) is 11.4 Å². The molecule has 2 heterocycles. The van der Waals surface area contributed by atoms with Gasteiger partial charge in [0.25, 0.3) is 0 Å². The van der Waals surface area contributed by atoms with Gasteiger partial charge in [0.1, 0.15) is 0 Å². The first kappa shape index (κ1) is 10.1.